The minimum atomic E-state index is -4.58. The van der Waals surface area contributed by atoms with E-state index in [2.05, 4.69) is 15.3 Å². The molecule has 2 saturated carbocycles. The zero-order chi connectivity index (χ0) is 22.7. The number of aliphatic hydroxyl groups is 2. The van der Waals surface area contributed by atoms with Crippen molar-refractivity contribution in [3.05, 3.63) is 18.0 Å². The molecule has 180 valence electrons. The number of aliphatic hydroxyl groups excluding tert-OH is 2. The van der Waals surface area contributed by atoms with Gasteiger partial charge in [0.25, 0.3) is 0 Å². The van der Waals surface area contributed by atoms with Gasteiger partial charge in [0.2, 0.25) is 5.95 Å². The molecule has 3 aliphatic rings. The smallest absolute Gasteiger partial charge is 0.388 e. The van der Waals surface area contributed by atoms with Gasteiger partial charge in [-0.1, -0.05) is 44.9 Å². The summed E-state index contributed by atoms with van der Waals surface area (Å²) >= 11 is 0. The van der Waals surface area contributed by atoms with Gasteiger partial charge in [0.05, 0.1) is 18.8 Å². The maximum absolute atomic E-state index is 12.9. The van der Waals surface area contributed by atoms with E-state index in [4.69, 9.17) is 4.74 Å². The van der Waals surface area contributed by atoms with Crippen LogP contribution in [0.5, 0.6) is 0 Å². The normalized spacial score (nSPS) is 33.8. The first kappa shape index (κ1) is 23.7. The Kier molecular flexibility index (Phi) is 7.57. The number of alkyl halides is 3. The first-order valence-corrected chi connectivity index (χ1v) is 12.0. The lowest BCUT2D eigenvalue weighted by Crippen LogP contribution is -2.55. The Morgan fingerprint density at radius 2 is 1.66 bits per heavy atom. The Morgan fingerprint density at radius 3 is 2.31 bits per heavy atom. The highest BCUT2D eigenvalue weighted by Gasteiger charge is 2.40. The second kappa shape index (κ2) is 10.2. The molecule has 0 radical (unpaired) electrons. The highest BCUT2D eigenvalue weighted by atomic mass is 19.4. The SMILES string of the molecule is O[C@@H]1[C@@H](Nc2nccc(C(F)(F)F)n2)COC(CCC2CCCC2CCC2CCC2)[C@@H]1O. The molecule has 6 nitrogen and oxygen atoms in total. The van der Waals surface area contributed by atoms with Crippen LogP contribution < -0.4 is 5.32 Å². The summed E-state index contributed by atoms with van der Waals surface area (Å²) < 4.78 is 44.4. The second-order valence-electron chi connectivity index (χ2n) is 9.77. The van der Waals surface area contributed by atoms with Crippen molar-refractivity contribution in [3.8, 4) is 0 Å². The van der Waals surface area contributed by atoms with Gasteiger partial charge in [0, 0.05) is 6.20 Å². The average Bonchev–Trinajstić information content (AvgIpc) is 3.17. The van der Waals surface area contributed by atoms with Gasteiger partial charge in [-0.2, -0.15) is 13.2 Å². The summed E-state index contributed by atoms with van der Waals surface area (Å²) in [6.07, 6.45) is 5.89. The number of ether oxygens (including phenoxy) is 1. The second-order valence-corrected chi connectivity index (χ2v) is 9.77. The Balaban J connectivity index is 1.26. The third kappa shape index (κ3) is 5.72. The van der Waals surface area contributed by atoms with Gasteiger partial charge in [0.15, 0.2) is 0 Å². The number of nitrogens with one attached hydrogen (secondary N) is 1. The van der Waals surface area contributed by atoms with Crippen LogP contribution in [0.4, 0.5) is 19.1 Å². The van der Waals surface area contributed by atoms with Crippen LogP contribution in [0, 0.1) is 17.8 Å². The molecule has 4 rings (SSSR count). The number of nitrogens with zero attached hydrogens (tertiary/aromatic N) is 2. The largest absolute Gasteiger partial charge is 0.433 e. The van der Waals surface area contributed by atoms with E-state index in [0.29, 0.717) is 12.3 Å². The van der Waals surface area contributed by atoms with Crippen LogP contribution in [-0.4, -0.2) is 51.1 Å². The molecule has 32 heavy (non-hydrogen) atoms. The summed E-state index contributed by atoms with van der Waals surface area (Å²) in [5.74, 6) is 2.09. The van der Waals surface area contributed by atoms with Gasteiger partial charge in [-0.3, -0.25) is 0 Å². The Hall–Kier alpha value is -1.45. The summed E-state index contributed by atoms with van der Waals surface area (Å²) in [5.41, 5.74) is -1.07. The first-order valence-electron chi connectivity index (χ1n) is 12.0. The molecule has 2 aliphatic carbocycles. The van der Waals surface area contributed by atoms with Gasteiger partial charge in [-0.05, 0) is 43.1 Å². The molecule has 0 amide bonds. The average molecular weight is 458 g/mol. The lowest BCUT2D eigenvalue weighted by Gasteiger charge is -2.38. The van der Waals surface area contributed by atoms with Crippen molar-refractivity contribution in [2.75, 3.05) is 11.9 Å². The molecule has 9 heteroatoms. The summed E-state index contributed by atoms with van der Waals surface area (Å²) in [6, 6.07) is -0.00162. The molecule has 3 N–H and O–H groups in total. The summed E-state index contributed by atoms with van der Waals surface area (Å²) in [7, 11) is 0. The number of halogens is 3. The standard InChI is InChI=1S/C23H34F3N3O3/c24-23(25,26)19-11-12-27-22(29-19)28-17-13-32-18(21(31)20(17)30)10-9-16-6-2-5-15(16)8-7-14-3-1-4-14/h11-12,14-18,20-21,30-31H,1-10,13H2,(H,27,28,29)/t15?,16?,17-,18?,20+,21-/m0/s1. The van der Waals surface area contributed by atoms with Crippen LogP contribution in [0.1, 0.15) is 69.9 Å². The van der Waals surface area contributed by atoms with Crippen LogP contribution in [-0.2, 0) is 10.9 Å². The van der Waals surface area contributed by atoms with Crippen molar-refractivity contribution in [3.63, 3.8) is 0 Å². The van der Waals surface area contributed by atoms with Crippen molar-refractivity contribution in [2.24, 2.45) is 17.8 Å². The molecule has 2 heterocycles. The predicted octanol–water partition coefficient (Wildman–Crippen LogP) is 4.17. The zero-order valence-corrected chi connectivity index (χ0v) is 18.3. The zero-order valence-electron chi connectivity index (χ0n) is 18.3. The molecular weight excluding hydrogens is 423 g/mol. The van der Waals surface area contributed by atoms with Crippen LogP contribution in [0.15, 0.2) is 12.3 Å². The molecule has 1 aromatic heterocycles. The molecule has 0 aromatic carbocycles. The van der Waals surface area contributed by atoms with Gasteiger partial charge in [0.1, 0.15) is 17.9 Å². The fraction of sp³-hybridized carbons (Fsp3) is 0.826. The number of aromatic nitrogens is 2. The molecule has 0 spiro atoms. The predicted molar refractivity (Wildman–Crippen MR) is 113 cm³/mol. The first-order chi connectivity index (χ1) is 15.3. The van der Waals surface area contributed by atoms with Crippen LogP contribution in [0.3, 0.4) is 0 Å². The van der Waals surface area contributed by atoms with Crippen molar-refractivity contribution in [1.29, 1.82) is 0 Å². The summed E-state index contributed by atoms with van der Waals surface area (Å²) in [6.45, 7) is 0.0677. The molecule has 3 fully saturated rings. The Bertz CT molecular complexity index is 747. The fourth-order valence-corrected chi connectivity index (χ4v) is 5.50. The Labute approximate surface area is 187 Å². The molecule has 1 aromatic rings. The maximum atomic E-state index is 12.9. The van der Waals surface area contributed by atoms with E-state index in [1.807, 2.05) is 0 Å². The minimum Gasteiger partial charge on any atom is -0.388 e. The van der Waals surface area contributed by atoms with E-state index < -0.39 is 36.2 Å². The van der Waals surface area contributed by atoms with Crippen molar-refractivity contribution < 1.29 is 28.1 Å². The monoisotopic (exact) mass is 457 g/mol. The van der Waals surface area contributed by atoms with Gasteiger partial charge >= 0.3 is 6.18 Å². The van der Waals surface area contributed by atoms with Crippen LogP contribution in [0.25, 0.3) is 0 Å². The van der Waals surface area contributed by atoms with E-state index in [0.717, 1.165) is 30.5 Å². The van der Waals surface area contributed by atoms with Crippen LogP contribution >= 0.6 is 0 Å². The van der Waals surface area contributed by atoms with Crippen molar-refractivity contribution >= 4 is 5.95 Å². The van der Waals surface area contributed by atoms with E-state index in [1.165, 1.54) is 51.4 Å². The number of hydrogen-bond donors (Lipinski definition) is 3. The lowest BCUT2D eigenvalue weighted by atomic mass is 9.78. The van der Waals surface area contributed by atoms with Gasteiger partial charge in [-0.25, -0.2) is 9.97 Å². The molecular formula is C23H34F3N3O3. The van der Waals surface area contributed by atoms with E-state index in [9.17, 15) is 23.4 Å². The van der Waals surface area contributed by atoms with Crippen molar-refractivity contribution in [1.82, 2.24) is 9.97 Å². The highest BCUT2D eigenvalue weighted by Crippen LogP contribution is 2.41. The Morgan fingerprint density at radius 1 is 0.969 bits per heavy atom. The third-order valence-electron chi connectivity index (χ3n) is 7.70. The number of rotatable bonds is 8. The topological polar surface area (TPSA) is 87.5 Å². The summed E-state index contributed by atoms with van der Waals surface area (Å²) in [5, 5.41) is 23.8. The van der Waals surface area contributed by atoms with E-state index in [-0.39, 0.29) is 12.6 Å². The number of hydrogen-bond acceptors (Lipinski definition) is 6. The highest BCUT2D eigenvalue weighted by molar-refractivity contribution is 5.29. The molecule has 6 atom stereocenters. The fourth-order valence-electron chi connectivity index (χ4n) is 5.50. The molecule has 0 bridgehead atoms. The van der Waals surface area contributed by atoms with Gasteiger partial charge in [-0.15, -0.1) is 0 Å². The molecule has 3 unspecified atom stereocenters. The minimum absolute atomic E-state index is 0.0677. The lowest BCUT2D eigenvalue weighted by molar-refractivity contribution is -0.144. The third-order valence-corrected chi connectivity index (χ3v) is 7.70. The molecule has 1 aliphatic heterocycles. The maximum Gasteiger partial charge on any atom is 0.433 e. The van der Waals surface area contributed by atoms with Crippen molar-refractivity contribution in [2.45, 2.75) is 94.7 Å². The summed E-state index contributed by atoms with van der Waals surface area (Å²) in [4.78, 5) is 7.25. The van der Waals surface area contributed by atoms with E-state index in [1.54, 1.807) is 0 Å². The number of anilines is 1. The molecule has 1 saturated heterocycles. The van der Waals surface area contributed by atoms with Gasteiger partial charge < -0.3 is 20.3 Å². The van der Waals surface area contributed by atoms with Crippen LogP contribution in [0.2, 0.25) is 0 Å². The van der Waals surface area contributed by atoms with E-state index >= 15 is 0 Å². The quantitative estimate of drug-likeness (QED) is 0.543.